The molecule has 0 spiro atoms. The van der Waals surface area contributed by atoms with Crippen LogP contribution < -0.4 is 0 Å². The molecule has 270 valence electrons. The largest absolute Gasteiger partial charge is 0.208 e. The van der Waals surface area contributed by atoms with E-state index < -0.39 is 0 Å². The highest BCUT2D eigenvalue weighted by atomic mass is 15.0. The second-order valence-corrected chi connectivity index (χ2v) is 14.7. The van der Waals surface area contributed by atoms with Gasteiger partial charge in [0, 0.05) is 16.7 Å². The number of hydrogen-bond acceptors (Lipinski definition) is 3. The third-order valence-corrected chi connectivity index (χ3v) is 11.3. The van der Waals surface area contributed by atoms with Gasteiger partial charge in [-0.2, -0.15) is 0 Å². The minimum atomic E-state index is 0.647. The zero-order valence-corrected chi connectivity index (χ0v) is 31.5. The number of rotatable bonds is 6. The zero-order chi connectivity index (χ0) is 38.4. The van der Waals surface area contributed by atoms with Gasteiger partial charge in [-0.05, 0) is 94.7 Å². The number of nitrogens with zero attached hydrogens (tertiary/aromatic N) is 3. The Balaban J connectivity index is 1.13. The lowest BCUT2D eigenvalue weighted by atomic mass is 9.86. The van der Waals surface area contributed by atoms with Crippen LogP contribution in [0.2, 0.25) is 0 Å². The predicted molar refractivity (Wildman–Crippen MR) is 242 cm³/mol. The summed E-state index contributed by atoms with van der Waals surface area (Å²) in [6, 6.07) is 75.4. The molecule has 3 heteroatoms. The maximum atomic E-state index is 5.21. The molecule has 0 fully saturated rings. The van der Waals surface area contributed by atoms with E-state index in [1.165, 1.54) is 54.9 Å². The van der Waals surface area contributed by atoms with Gasteiger partial charge in [-0.1, -0.05) is 194 Å². The minimum Gasteiger partial charge on any atom is -0.208 e. The monoisotopic (exact) mass is 737 g/mol. The average Bonchev–Trinajstić information content (AvgIpc) is 3.31. The minimum absolute atomic E-state index is 0.647. The molecule has 0 aliphatic heterocycles. The van der Waals surface area contributed by atoms with Crippen LogP contribution in [0.25, 0.3) is 111 Å². The van der Waals surface area contributed by atoms with E-state index in [0.717, 1.165) is 38.2 Å². The molecule has 0 unspecified atom stereocenters. The lowest BCUT2D eigenvalue weighted by molar-refractivity contribution is 1.08. The zero-order valence-electron chi connectivity index (χ0n) is 31.5. The molecule has 0 atom stereocenters. The van der Waals surface area contributed by atoms with Crippen molar-refractivity contribution in [1.29, 1.82) is 0 Å². The van der Waals surface area contributed by atoms with Crippen LogP contribution in [-0.4, -0.2) is 15.0 Å². The Hall–Kier alpha value is -7.75. The number of hydrogen-bond donors (Lipinski definition) is 0. The van der Waals surface area contributed by atoms with Gasteiger partial charge < -0.3 is 0 Å². The Kier molecular flexibility index (Phi) is 8.15. The Morgan fingerprint density at radius 3 is 1.26 bits per heavy atom. The molecule has 11 rings (SSSR count). The smallest absolute Gasteiger partial charge is 0.165 e. The third-order valence-electron chi connectivity index (χ3n) is 11.3. The Bertz CT molecular complexity index is 3210. The molecule has 1 heterocycles. The molecule has 0 saturated carbocycles. The summed E-state index contributed by atoms with van der Waals surface area (Å²) in [5.41, 5.74) is 10.1. The molecule has 0 bridgehead atoms. The van der Waals surface area contributed by atoms with Gasteiger partial charge in [0.1, 0.15) is 0 Å². The van der Waals surface area contributed by atoms with Crippen LogP contribution in [0.5, 0.6) is 0 Å². The van der Waals surface area contributed by atoms with Crippen LogP contribution in [-0.2, 0) is 0 Å². The summed E-state index contributed by atoms with van der Waals surface area (Å²) in [5, 5.41) is 9.40. The first-order valence-electron chi connectivity index (χ1n) is 19.7. The van der Waals surface area contributed by atoms with Crippen molar-refractivity contribution in [2.24, 2.45) is 0 Å². The van der Waals surface area contributed by atoms with E-state index in [1.807, 2.05) is 36.4 Å². The fraction of sp³-hybridized carbons (Fsp3) is 0. The van der Waals surface area contributed by atoms with Gasteiger partial charge in [0.05, 0.1) is 0 Å². The molecular formula is C55H35N3. The summed E-state index contributed by atoms with van der Waals surface area (Å²) in [7, 11) is 0. The number of fused-ring (bicyclic) bond motifs is 5. The highest BCUT2D eigenvalue weighted by molar-refractivity contribution is 6.22. The Morgan fingerprint density at radius 1 is 0.224 bits per heavy atom. The van der Waals surface area contributed by atoms with E-state index in [4.69, 9.17) is 15.0 Å². The fourth-order valence-corrected chi connectivity index (χ4v) is 8.59. The van der Waals surface area contributed by atoms with Crippen LogP contribution in [0.15, 0.2) is 212 Å². The quantitative estimate of drug-likeness (QED) is 0.126. The van der Waals surface area contributed by atoms with Gasteiger partial charge in [-0.25, -0.2) is 15.0 Å². The molecule has 0 N–H and O–H groups in total. The summed E-state index contributed by atoms with van der Waals surface area (Å²) in [4.78, 5) is 15.4. The lowest BCUT2D eigenvalue weighted by Gasteiger charge is -2.18. The molecule has 0 aliphatic carbocycles. The van der Waals surface area contributed by atoms with Crippen molar-refractivity contribution in [2.45, 2.75) is 0 Å². The topological polar surface area (TPSA) is 38.7 Å². The summed E-state index contributed by atoms with van der Waals surface area (Å²) < 4.78 is 0. The first-order valence-corrected chi connectivity index (χ1v) is 19.7. The lowest BCUT2D eigenvalue weighted by Crippen LogP contribution is -2.01. The number of benzene rings is 10. The van der Waals surface area contributed by atoms with Gasteiger partial charge in [-0.3, -0.25) is 0 Å². The maximum Gasteiger partial charge on any atom is 0.165 e. The standard InChI is InChI=1S/C55H35N3/c1-4-17-36(18-5-1)39-23-16-24-40(33-39)49-34-41-31-32-42(35-50(41)44-26-11-10-25-43(44)49)51-45-27-12-14-29-47(45)52(48-30-15-13-28-46(48)51)55-57-53(37-19-6-2-7-20-37)56-54(58-55)38-21-8-3-9-22-38/h1-35H. The predicted octanol–water partition coefficient (Wildman–Crippen LogP) is 14.5. The summed E-state index contributed by atoms with van der Waals surface area (Å²) in [6.07, 6.45) is 0. The molecule has 0 saturated heterocycles. The van der Waals surface area contributed by atoms with Crippen molar-refractivity contribution in [3.63, 3.8) is 0 Å². The summed E-state index contributed by atoms with van der Waals surface area (Å²) in [5.74, 6) is 1.95. The van der Waals surface area contributed by atoms with E-state index in [2.05, 4.69) is 176 Å². The Morgan fingerprint density at radius 2 is 0.672 bits per heavy atom. The summed E-state index contributed by atoms with van der Waals surface area (Å²) in [6.45, 7) is 0. The first-order chi connectivity index (χ1) is 28.8. The Labute approximate surface area is 336 Å². The van der Waals surface area contributed by atoms with Crippen LogP contribution >= 0.6 is 0 Å². The molecule has 0 aliphatic rings. The van der Waals surface area contributed by atoms with E-state index >= 15 is 0 Å². The van der Waals surface area contributed by atoms with Gasteiger partial charge in [0.2, 0.25) is 0 Å². The fourth-order valence-electron chi connectivity index (χ4n) is 8.59. The van der Waals surface area contributed by atoms with Gasteiger partial charge in [0.15, 0.2) is 17.5 Å². The second kappa shape index (κ2) is 14.1. The van der Waals surface area contributed by atoms with Crippen LogP contribution in [0, 0.1) is 0 Å². The van der Waals surface area contributed by atoms with Crippen molar-refractivity contribution in [3.8, 4) is 67.5 Å². The van der Waals surface area contributed by atoms with E-state index in [0.29, 0.717) is 17.5 Å². The van der Waals surface area contributed by atoms with Gasteiger partial charge in [0.25, 0.3) is 0 Å². The molecule has 10 aromatic carbocycles. The third kappa shape index (κ3) is 5.80. The van der Waals surface area contributed by atoms with Crippen molar-refractivity contribution in [3.05, 3.63) is 212 Å². The van der Waals surface area contributed by atoms with E-state index in [-0.39, 0.29) is 0 Å². The van der Waals surface area contributed by atoms with Crippen LogP contribution in [0.4, 0.5) is 0 Å². The maximum absolute atomic E-state index is 5.21. The molecule has 11 aromatic rings. The van der Waals surface area contributed by atoms with Gasteiger partial charge >= 0.3 is 0 Å². The van der Waals surface area contributed by atoms with Crippen molar-refractivity contribution in [2.75, 3.05) is 0 Å². The highest BCUT2D eigenvalue weighted by Gasteiger charge is 2.21. The second-order valence-electron chi connectivity index (χ2n) is 14.7. The van der Waals surface area contributed by atoms with Gasteiger partial charge in [-0.15, -0.1) is 0 Å². The van der Waals surface area contributed by atoms with E-state index in [1.54, 1.807) is 0 Å². The molecule has 1 aromatic heterocycles. The SMILES string of the molecule is c1ccc(-c2cccc(-c3cc4ccc(-c5c6ccccc6c(-c6nc(-c7ccccc7)nc(-c7ccccc7)n6)c6ccccc56)cc4c4ccccc34)c2)cc1. The molecule has 0 radical (unpaired) electrons. The normalized spacial score (nSPS) is 11.4. The van der Waals surface area contributed by atoms with Crippen LogP contribution in [0.3, 0.4) is 0 Å². The van der Waals surface area contributed by atoms with Crippen LogP contribution in [0.1, 0.15) is 0 Å². The first kappa shape index (κ1) is 33.6. The molecule has 3 nitrogen and oxygen atoms in total. The number of aromatic nitrogens is 3. The average molecular weight is 738 g/mol. The van der Waals surface area contributed by atoms with Crippen molar-refractivity contribution in [1.82, 2.24) is 15.0 Å². The highest BCUT2D eigenvalue weighted by Crippen LogP contribution is 2.45. The molecular weight excluding hydrogens is 703 g/mol. The van der Waals surface area contributed by atoms with Crippen molar-refractivity contribution >= 4 is 43.1 Å². The van der Waals surface area contributed by atoms with Crippen molar-refractivity contribution < 1.29 is 0 Å². The van der Waals surface area contributed by atoms with E-state index in [9.17, 15) is 0 Å². The summed E-state index contributed by atoms with van der Waals surface area (Å²) >= 11 is 0. The molecule has 58 heavy (non-hydrogen) atoms. The molecule has 0 amide bonds.